The number of ether oxygens (including phenoxy) is 1. The van der Waals surface area contributed by atoms with Gasteiger partial charge in [0.1, 0.15) is 24.3 Å². The average Bonchev–Trinajstić information content (AvgIpc) is 2.71. The van der Waals surface area contributed by atoms with Gasteiger partial charge in [-0.2, -0.15) is 13.2 Å². The van der Waals surface area contributed by atoms with E-state index in [1.54, 1.807) is 12.1 Å². The van der Waals surface area contributed by atoms with Crippen LogP contribution >= 0.6 is 0 Å². The van der Waals surface area contributed by atoms with Gasteiger partial charge in [0.05, 0.1) is 11.1 Å². The minimum atomic E-state index is -4.42. The fourth-order valence-electron chi connectivity index (χ4n) is 2.56. The van der Waals surface area contributed by atoms with Gasteiger partial charge >= 0.3 is 6.18 Å². The molecule has 0 radical (unpaired) electrons. The number of anilines is 1. The number of hydrogen-bond donors (Lipinski definition) is 2. The van der Waals surface area contributed by atoms with Crippen molar-refractivity contribution in [3.05, 3.63) is 53.7 Å². The molecule has 2 aromatic rings. The summed E-state index contributed by atoms with van der Waals surface area (Å²) in [6.07, 6.45) is -3.97. The molecule has 2 N–H and O–H groups in total. The number of rotatable bonds is 9. The number of carbonyl (C=O) groups is 1. The van der Waals surface area contributed by atoms with Crippen LogP contribution in [-0.4, -0.2) is 48.3 Å². The van der Waals surface area contributed by atoms with E-state index in [-0.39, 0.29) is 18.9 Å². The van der Waals surface area contributed by atoms with E-state index >= 15 is 0 Å². The molecule has 0 aliphatic rings. The number of carbonyl (C=O) groups excluding carboxylic acids is 1. The first-order valence-corrected chi connectivity index (χ1v) is 9.21. The Bertz CT molecular complexity index is 776. The Kier molecular flexibility index (Phi) is 7.83. The van der Waals surface area contributed by atoms with E-state index < -0.39 is 23.8 Å². The first kappa shape index (κ1) is 22.5. The maximum absolute atomic E-state index is 12.5. The zero-order valence-electron chi connectivity index (χ0n) is 16.2. The second kappa shape index (κ2) is 10.1. The lowest BCUT2D eigenvalue weighted by molar-refractivity contribution is -0.137. The summed E-state index contributed by atoms with van der Waals surface area (Å²) in [7, 11) is 0. The highest BCUT2D eigenvalue weighted by Gasteiger charge is 2.30. The zero-order valence-corrected chi connectivity index (χ0v) is 16.2. The molecule has 1 heterocycles. The third kappa shape index (κ3) is 6.63. The lowest BCUT2D eigenvalue weighted by Crippen LogP contribution is -2.35. The molecule has 1 aromatic heterocycles. The minimum absolute atomic E-state index is 0.0722. The van der Waals surface area contributed by atoms with Crippen molar-refractivity contribution in [3.63, 3.8) is 0 Å². The highest BCUT2D eigenvalue weighted by atomic mass is 19.4. The predicted octanol–water partition coefficient (Wildman–Crippen LogP) is 3.12. The normalized spacial score (nSPS) is 12.3. The number of aliphatic hydroxyl groups is 1. The van der Waals surface area contributed by atoms with Crippen LogP contribution in [0.3, 0.4) is 0 Å². The molecule has 0 spiro atoms. The van der Waals surface area contributed by atoms with Crippen molar-refractivity contribution in [2.75, 3.05) is 31.1 Å². The van der Waals surface area contributed by atoms with Crippen LogP contribution in [-0.2, 0) is 6.18 Å². The summed E-state index contributed by atoms with van der Waals surface area (Å²) < 4.78 is 42.8. The van der Waals surface area contributed by atoms with Gasteiger partial charge in [0.15, 0.2) is 0 Å². The van der Waals surface area contributed by atoms with Gasteiger partial charge in [-0.3, -0.25) is 4.79 Å². The number of halogens is 3. The number of pyridine rings is 1. The van der Waals surface area contributed by atoms with Crippen molar-refractivity contribution in [2.45, 2.75) is 26.1 Å². The molecule has 2 rings (SSSR count). The summed E-state index contributed by atoms with van der Waals surface area (Å²) in [4.78, 5) is 18.5. The summed E-state index contributed by atoms with van der Waals surface area (Å²) in [5.74, 6) is 0.577. The number of hydrogen-bond acceptors (Lipinski definition) is 5. The molecule has 0 saturated carbocycles. The lowest BCUT2D eigenvalue weighted by atomic mass is 10.2. The van der Waals surface area contributed by atoms with Crippen molar-refractivity contribution in [2.24, 2.45) is 0 Å². The van der Waals surface area contributed by atoms with Gasteiger partial charge in [-0.25, -0.2) is 4.98 Å². The average molecular weight is 411 g/mol. The van der Waals surface area contributed by atoms with Gasteiger partial charge < -0.3 is 20.1 Å². The van der Waals surface area contributed by atoms with Crippen LogP contribution in [0.4, 0.5) is 19.0 Å². The zero-order chi connectivity index (χ0) is 21.4. The van der Waals surface area contributed by atoms with Gasteiger partial charge in [0.2, 0.25) is 0 Å². The Morgan fingerprint density at radius 3 is 2.34 bits per heavy atom. The van der Waals surface area contributed by atoms with Crippen LogP contribution in [0, 0.1) is 0 Å². The molecule has 1 atom stereocenters. The van der Waals surface area contributed by atoms with Gasteiger partial charge in [-0.15, -0.1) is 0 Å². The summed E-state index contributed by atoms with van der Waals surface area (Å²) in [5, 5.41) is 12.5. The lowest BCUT2D eigenvalue weighted by Gasteiger charge is -2.19. The Morgan fingerprint density at radius 1 is 1.17 bits per heavy atom. The number of nitrogens with zero attached hydrogens (tertiary/aromatic N) is 2. The number of benzene rings is 1. The first-order chi connectivity index (χ1) is 13.7. The molecule has 158 valence electrons. The molecule has 1 unspecified atom stereocenters. The van der Waals surface area contributed by atoms with Crippen LogP contribution in [0.2, 0.25) is 0 Å². The maximum atomic E-state index is 12.5. The van der Waals surface area contributed by atoms with E-state index in [9.17, 15) is 23.1 Å². The third-order valence-corrected chi connectivity index (χ3v) is 4.22. The Labute approximate surface area is 167 Å². The quantitative estimate of drug-likeness (QED) is 0.663. The summed E-state index contributed by atoms with van der Waals surface area (Å²) in [6, 6.07) is 7.57. The Morgan fingerprint density at radius 2 is 1.83 bits per heavy atom. The van der Waals surface area contributed by atoms with Crippen molar-refractivity contribution in [1.29, 1.82) is 0 Å². The number of aromatic nitrogens is 1. The summed E-state index contributed by atoms with van der Waals surface area (Å²) >= 11 is 0. The molecule has 0 bridgehead atoms. The van der Waals surface area contributed by atoms with E-state index in [0.29, 0.717) is 5.56 Å². The molecule has 6 nitrogen and oxygen atoms in total. The fourth-order valence-corrected chi connectivity index (χ4v) is 2.56. The molecular formula is C20H24F3N3O3. The number of amides is 1. The number of alkyl halides is 3. The standard InChI is InChI=1S/C20H24F3N3O3/c1-3-26(4-2)18-10-5-14(11-24-18)19(28)25-12-16(27)13-29-17-8-6-15(7-9-17)20(21,22)23/h5-11,16,27H,3-4,12-13H2,1-2H3,(H,25,28). The molecule has 1 aromatic carbocycles. The van der Waals surface area contributed by atoms with Crippen molar-refractivity contribution >= 4 is 11.7 Å². The molecule has 9 heteroatoms. The molecule has 0 aliphatic heterocycles. The van der Waals surface area contributed by atoms with Crippen LogP contribution in [0.1, 0.15) is 29.8 Å². The van der Waals surface area contributed by atoms with Crippen LogP contribution < -0.4 is 15.0 Å². The second-order valence-corrected chi connectivity index (χ2v) is 6.27. The molecule has 0 saturated heterocycles. The minimum Gasteiger partial charge on any atom is -0.491 e. The predicted molar refractivity (Wildman–Crippen MR) is 103 cm³/mol. The molecule has 29 heavy (non-hydrogen) atoms. The fraction of sp³-hybridized carbons (Fsp3) is 0.400. The second-order valence-electron chi connectivity index (χ2n) is 6.27. The van der Waals surface area contributed by atoms with Gasteiger partial charge in [0.25, 0.3) is 5.91 Å². The van der Waals surface area contributed by atoms with E-state index in [2.05, 4.69) is 10.3 Å². The van der Waals surface area contributed by atoms with Gasteiger partial charge in [0, 0.05) is 25.8 Å². The smallest absolute Gasteiger partial charge is 0.416 e. The van der Waals surface area contributed by atoms with E-state index in [1.165, 1.54) is 18.3 Å². The number of nitrogens with one attached hydrogen (secondary N) is 1. The molecular weight excluding hydrogens is 387 g/mol. The number of aliphatic hydroxyl groups excluding tert-OH is 1. The first-order valence-electron chi connectivity index (χ1n) is 9.21. The SMILES string of the molecule is CCN(CC)c1ccc(C(=O)NCC(O)COc2ccc(C(F)(F)F)cc2)cn1. The Hall–Kier alpha value is -2.81. The van der Waals surface area contributed by atoms with E-state index in [4.69, 9.17) is 4.74 Å². The van der Waals surface area contributed by atoms with Crippen LogP contribution in [0.15, 0.2) is 42.6 Å². The van der Waals surface area contributed by atoms with E-state index in [1.807, 2.05) is 18.7 Å². The van der Waals surface area contributed by atoms with Gasteiger partial charge in [-0.1, -0.05) is 0 Å². The topological polar surface area (TPSA) is 74.7 Å². The maximum Gasteiger partial charge on any atom is 0.416 e. The van der Waals surface area contributed by atoms with Crippen LogP contribution in [0.5, 0.6) is 5.75 Å². The highest BCUT2D eigenvalue weighted by molar-refractivity contribution is 5.94. The molecule has 0 aliphatic carbocycles. The van der Waals surface area contributed by atoms with Crippen molar-refractivity contribution < 1.29 is 27.8 Å². The molecule has 0 fully saturated rings. The van der Waals surface area contributed by atoms with Gasteiger partial charge in [-0.05, 0) is 50.2 Å². The third-order valence-electron chi connectivity index (χ3n) is 4.22. The van der Waals surface area contributed by atoms with Crippen molar-refractivity contribution in [3.8, 4) is 5.75 Å². The highest BCUT2D eigenvalue weighted by Crippen LogP contribution is 2.30. The largest absolute Gasteiger partial charge is 0.491 e. The van der Waals surface area contributed by atoms with Crippen LogP contribution in [0.25, 0.3) is 0 Å². The summed E-state index contributed by atoms with van der Waals surface area (Å²) in [6.45, 7) is 5.39. The van der Waals surface area contributed by atoms with E-state index in [0.717, 1.165) is 31.0 Å². The summed E-state index contributed by atoms with van der Waals surface area (Å²) in [5.41, 5.74) is -0.421. The molecule has 1 amide bonds. The monoisotopic (exact) mass is 411 g/mol. The van der Waals surface area contributed by atoms with Crippen molar-refractivity contribution in [1.82, 2.24) is 10.3 Å². The Balaban J connectivity index is 1.79.